The standard InChI is InChI=1S/C18H20N4O4/c1-18(2,3)26-13(23)8-22-12-7-10(17(24)25-4)5-6-11(12)14-15(19)20-9-21-16(14)22/h5-7,9H,8H2,1-4H3,(H2,19,20,21). The first-order valence-electron chi connectivity index (χ1n) is 8.04. The van der Waals surface area contributed by atoms with Crippen LogP contribution in [0.2, 0.25) is 0 Å². The number of nitrogens with two attached hydrogens (primary N) is 1. The molecule has 3 rings (SSSR count). The van der Waals surface area contributed by atoms with Gasteiger partial charge in [-0.15, -0.1) is 0 Å². The fraction of sp³-hybridized carbons (Fsp3) is 0.333. The van der Waals surface area contributed by atoms with Crippen molar-refractivity contribution in [1.29, 1.82) is 0 Å². The van der Waals surface area contributed by atoms with Crippen LogP contribution in [0.5, 0.6) is 0 Å². The van der Waals surface area contributed by atoms with Gasteiger partial charge < -0.3 is 19.8 Å². The summed E-state index contributed by atoms with van der Waals surface area (Å²) in [4.78, 5) is 32.5. The topological polar surface area (TPSA) is 109 Å². The van der Waals surface area contributed by atoms with Gasteiger partial charge >= 0.3 is 11.9 Å². The number of hydrogen-bond donors (Lipinski definition) is 1. The largest absolute Gasteiger partial charge is 0.465 e. The summed E-state index contributed by atoms with van der Waals surface area (Å²) in [6.07, 6.45) is 1.34. The van der Waals surface area contributed by atoms with E-state index in [0.29, 0.717) is 27.9 Å². The molecule has 2 aromatic heterocycles. The monoisotopic (exact) mass is 356 g/mol. The lowest BCUT2D eigenvalue weighted by Crippen LogP contribution is -2.26. The molecule has 1 aromatic carbocycles. The number of hydrogen-bond acceptors (Lipinski definition) is 7. The van der Waals surface area contributed by atoms with Gasteiger partial charge in [-0.05, 0) is 32.9 Å². The van der Waals surface area contributed by atoms with Crippen LogP contribution in [0, 0.1) is 0 Å². The van der Waals surface area contributed by atoms with E-state index in [0.717, 1.165) is 5.39 Å². The Morgan fingerprint density at radius 1 is 1.23 bits per heavy atom. The minimum absolute atomic E-state index is 0.0711. The number of nitrogen functional groups attached to an aromatic ring is 1. The second-order valence-corrected chi connectivity index (χ2v) is 6.85. The van der Waals surface area contributed by atoms with Gasteiger partial charge in [-0.1, -0.05) is 6.07 Å². The molecule has 0 aliphatic carbocycles. The zero-order valence-corrected chi connectivity index (χ0v) is 15.1. The van der Waals surface area contributed by atoms with E-state index in [1.807, 2.05) is 0 Å². The van der Waals surface area contributed by atoms with Gasteiger partial charge in [-0.25, -0.2) is 14.8 Å². The van der Waals surface area contributed by atoms with Gasteiger partial charge in [0, 0.05) is 5.39 Å². The third-order valence-electron chi connectivity index (χ3n) is 3.80. The molecule has 2 heterocycles. The first-order valence-corrected chi connectivity index (χ1v) is 8.04. The van der Waals surface area contributed by atoms with Crippen LogP contribution in [0.25, 0.3) is 21.9 Å². The Balaban J connectivity index is 2.21. The van der Waals surface area contributed by atoms with Crippen molar-refractivity contribution in [2.45, 2.75) is 32.9 Å². The number of methoxy groups -OCH3 is 1. The molecule has 0 bridgehead atoms. The summed E-state index contributed by atoms with van der Waals surface area (Å²) in [7, 11) is 1.31. The van der Waals surface area contributed by atoms with Gasteiger partial charge in [0.05, 0.1) is 23.6 Å². The smallest absolute Gasteiger partial charge is 0.337 e. The number of fused-ring (bicyclic) bond motifs is 3. The molecule has 0 amide bonds. The first-order chi connectivity index (χ1) is 12.2. The maximum Gasteiger partial charge on any atom is 0.337 e. The number of rotatable bonds is 3. The van der Waals surface area contributed by atoms with E-state index in [1.54, 1.807) is 43.5 Å². The number of carbonyl (C=O) groups is 2. The summed E-state index contributed by atoms with van der Waals surface area (Å²) in [5, 5.41) is 1.37. The van der Waals surface area contributed by atoms with Crippen LogP contribution in [-0.4, -0.2) is 39.2 Å². The highest BCUT2D eigenvalue weighted by molar-refractivity contribution is 6.13. The first kappa shape index (κ1) is 17.7. The second kappa shape index (κ2) is 6.29. The molecular weight excluding hydrogens is 336 g/mol. The number of esters is 2. The van der Waals surface area contributed by atoms with Crippen LogP contribution in [0.1, 0.15) is 31.1 Å². The van der Waals surface area contributed by atoms with Gasteiger partial charge in [0.25, 0.3) is 0 Å². The molecule has 3 aromatic rings. The summed E-state index contributed by atoms with van der Waals surface area (Å²) in [6.45, 7) is 5.32. The molecule has 2 N–H and O–H groups in total. The lowest BCUT2D eigenvalue weighted by atomic mass is 10.1. The Morgan fingerprint density at radius 3 is 2.62 bits per heavy atom. The highest BCUT2D eigenvalue weighted by atomic mass is 16.6. The van der Waals surface area contributed by atoms with Gasteiger partial charge in [0.15, 0.2) is 0 Å². The highest BCUT2D eigenvalue weighted by Gasteiger charge is 2.21. The van der Waals surface area contributed by atoms with Crippen molar-refractivity contribution >= 4 is 39.7 Å². The predicted molar refractivity (Wildman–Crippen MR) is 96.6 cm³/mol. The zero-order valence-electron chi connectivity index (χ0n) is 15.1. The maximum atomic E-state index is 12.4. The summed E-state index contributed by atoms with van der Waals surface area (Å²) in [5.74, 6) is -0.592. The fourth-order valence-corrected chi connectivity index (χ4v) is 2.84. The van der Waals surface area contributed by atoms with Crippen molar-refractivity contribution in [3.63, 3.8) is 0 Å². The Bertz CT molecular complexity index is 1020. The summed E-state index contributed by atoms with van der Waals surface area (Å²) in [5.41, 5.74) is 6.90. The molecule has 0 atom stereocenters. The minimum atomic E-state index is -0.610. The van der Waals surface area contributed by atoms with Crippen molar-refractivity contribution in [1.82, 2.24) is 14.5 Å². The normalized spacial score (nSPS) is 11.7. The number of benzene rings is 1. The Labute approximate surface area is 149 Å². The van der Waals surface area contributed by atoms with Crippen molar-refractivity contribution in [2.75, 3.05) is 12.8 Å². The maximum absolute atomic E-state index is 12.4. The lowest BCUT2D eigenvalue weighted by Gasteiger charge is -2.20. The zero-order chi connectivity index (χ0) is 19.1. The van der Waals surface area contributed by atoms with E-state index in [-0.39, 0.29) is 6.54 Å². The van der Waals surface area contributed by atoms with E-state index in [9.17, 15) is 9.59 Å². The Hall–Kier alpha value is -3.16. The van der Waals surface area contributed by atoms with Crippen LogP contribution in [-0.2, 0) is 20.8 Å². The summed E-state index contributed by atoms with van der Waals surface area (Å²) >= 11 is 0. The summed E-state index contributed by atoms with van der Waals surface area (Å²) < 4.78 is 11.9. The average molecular weight is 356 g/mol. The number of nitrogens with zero attached hydrogens (tertiary/aromatic N) is 3. The molecule has 8 heteroatoms. The minimum Gasteiger partial charge on any atom is -0.465 e. The molecule has 0 fully saturated rings. The molecule has 0 aliphatic heterocycles. The van der Waals surface area contributed by atoms with E-state index < -0.39 is 17.5 Å². The molecule has 136 valence electrons. The van der Waals surface area contributed by atoms with E-state index in [1.165, 1.54) is 13.4 Å². The third kappa shape index (κ3) is 3.17. The molecule has 8 nitrogen and oxygen atoms in total. The van der Waals surface area contributed by atoms with E-state index in [4.69, 9.17) is 15.2 Å². The van der Waals surface area contributed by atoms with Crippen LogP contribution in [0.4, 0.5) is 5.82 Å². The van der Waals surface area contributed by atoms with Crippen molar-refractivity contribution in [2.24, 2.45) is 0 Å². The van der Waals surface area contributed by atoms with Crippen LogP contribution >= 0.6 is 0 Å². The van der Waals surface area contributed by atoms with Crippen LogP contribution in [0.3, 0.4) is 0 Å². The highest BCUT2D eigenvalue weighted by Crippen LogP contribution is 2.31. The quantitative estimate of drug-likeness (QED) is 0.717. The third-order valence-corrected chi connectivity index (χ3v) is 3.80. The van der Waals surface area contributed by atoms with Gasteiger partial charge in [0.1, 0.15) is 29.9 Å². The fourth-order valence-electron chi connectivity index (χ4n) is 2.84. The van der Waals surface area contributed by atoms with Gasteiger partial charge in [-0.2, -0.15) is 0 Å². The van der Waals surface area contributed by atoms with E-state index >= 15 is 0 Å². The predicted octanol–water partition coefficient (Wildman–Crippen LogP) is 2.29. The van der Waals surface area contributed by atoms with Gasteiger partial charge in [0.2, 0.25) is 0 Å². The van der Waals surface area contributed by atoms with Crippen LogP contribution in [0.15, 0.2) is 24.5 Å². The summed E-state index contributed by atoms with van der Waals surface area (Å²) in [6, 6.07) is 5.03. The SMILES string of the molecule is COC(=O)c1ccc2c3c(N)ncnc3n(CC(=O)OC(C)(C)C)c2c1. The molecule has 0 radical (unpaired) electrons. The second-order valence-electron chi connectivity index (χ2n) is 6.85. The number of ether oxygens (including phenoxy) is 2. The average Bonchev–Trinajstić information content (AvgIpc) is 2.87. The Morgan fingerprint density at radius 2 is 1.96 bits per heavy atom. The number of anilines is 1. The van der Waals surface area contributed by atoms with Crippen molar-refractivity contribution < 1.29 is 19.1 Å². The molecule has 0 unspecified atom stereocenters. The van der Waals surface area contributed by atoms with Crippen LogP contribution < -0.4 is 5.73 Å². The molecular formula is C18H20N4O4. The van der Waals surface area contributed by atoms with Gasteiger partial charge in [-0.3, -0.25) is 4.79 Å². The van der Waals surface area contributed by atoms with E-state index in [2.05, 4.69) is 9.97 Å². The molecule has 0 saturated heterocycles. The number of carbonyl (C=O) groups excluding carboxylic acids is 2. The molecule has 26 heavy (non-hydrogen) atoms. The molecule has 0 spiro atoms. The lowest BCUT2D eigenvalue weighted by molar-refractivity contribution is -0.155. The number of aromatic nitrogens is 3. The molecule has 0 aliphatic rings. The van der Waals surface area contributed by atoms with Crippen molar-refractivity contribution in [3.8, 4) is 0 Å². The van der Waals surface area contributed by atoms with Crippen molar-refractivity contribution in [3.05, 3.63) is 30.1 Å². The Kier molecular flexibility index (Phi) is 4.27. The molecule has 0 saturated carbocycles.